The van der Waals surface area contributed by atoms with Crippen LogP contribution in [0, 0.1) is 0 Å². The van der Waals surface area contributed by atoms with E-state index >= 15 is 0 Å². The number of halogens is 2. The molecule has 6 heteroatoms. The fourth-order valence-corrected chi connectivity index (χ4v) is 4.97. The van der Waals surface area contributed by atoms with Gasteiger partial charge in [-0.15, -0.1) is 0 Å². The molecule has 26 heavy (non-hydrogen) atoms. The van der Waals surface area contributed by atoms with Gasteiger partial charge in [-0.2, -0.15) is 0 Å². The van der Waals surface area contributed by atoms with Gasteiger partial charge in [0.15, 0.2) is 16.6 Å². The van der Waals surface area contributed by atoms with Crippen molar-refractivity contribution in [2.75, 3.05) is 0 Å². The first-order valence-electron chi connectivity index (χ1n) is 8.81. The summed E-state index contributed by atoms with van der Waals surface area (Å²) in [4.78, 5) is 0. The molecule has 2 rings (SSSR count). The van der Waals surface area contributed by atoms with Crippen molar-refractivity contribution in [1.29, 1.82) is 0 Å². The van der Waals surface area contributed by atoms with Gasteiger partial charge < -0.3 is 8.85 Å². The van der Waals surface area contributed by atoms with Crippen LogP contribution >= 0.6 is 23.2 Å². The molecule has 2 unspecified atom stereocenters. The molecule has 0 N–H and O–H groups in total. The van der Waals surface area contributed by atoms with Gasteiger partial charge in [0, 0.05) is 10.0 Å². The van der Waals surface area contributed by atoms with Crippen LogP contribution in [0.1, 0.15) is 23.3 Å². The van der Waals surface area contributed by atoms with Crippen molar-refractivity contribution < 1.29 is 8.85 Å². The van der Waals surface area contributed by atoms with Crippen molar-refractivity contribution in [3.05, 3.63) is 69.7 Å². The highest BCUT2D eigenvalue weighted by Gasteiger charge is 2.34. The van der Waals surface area contributed by atoms with Crippen LogP contribution in [0.25, 0.3) is 0 Å². The maximum atomic E-state index is 6.62. The van der Waals surface area contributed by atoms with Crippen molar-refractivity contribution in [1.82, 2.24) is 0 Å². The van der Waals surface area contributed by atoms with Gasteiger partial charge in [-0.3, -0.25) is 0 Å². The minimum absolute atomic E-state index is 0.188. The van der Waals surface area contributed by atoms with Crippen molar-refractivity contribution in [2.24, 2.45) is 0 Å². The zero-order valence-electron chi connectivity index (χ0n) is 16.3. The van der Waals surface area contributed by atoms with Gasteiger partial charge in [0.25, 0.3) is 0 Å². The van der Waals surface area contributed by atoms with Crippen LogP contribution in [-0.4, -0.2) is 16.6 Å². The van der Waals surface area contributed by atoms with Gasteiger partial charge in [0.2, 0.25) is 0 Å². The Morgan fingerprint density at radius 1 is 0.577 bits per heavy atom. The smallest absolute Gasteiger partial charge is 0.184 e. The molecular weight excluding hydrogens is 399 g/mol. The second kappa shape index (κ2) is 8.59. The highest BCUT2D eigenvalue weighted by Crippen LogP contribution is 2.39. The Morgan fingerprint density at radius 2 is 0.846 bits per heavy atom. The second-order valence-corrected chi connectivity index (χ2v) is 18.2. The highest BCUT2D eigenvalue weighted by atomic mass is 35.5. The summed E-state index contributed by atoms with van der Waals surface area (Å²) in [5.41, 5.74) is 2.16. The summed E-state index contributed by atoms with van der Waals surface area (Å²) in [6.07, 6.45) is -0.376. The average molecular weight is 428 g/mol. The van der Waals surface area contributed by atoms with E-state index in [1.807, 2.05) is 48.5 Å². The molecule has 0 saturated heterocycles. The lowest BCUT2D eigenvalue weighted by atomic mass is 9.98. The standard InChI is InChI=1S/C20H28Cl2O2Si2/c1-25(2,3)23-19(15-7-11-17(21)12-8-15)20(24-26(4,5)6)16-9-13-18(22)14-10-16/h7-14,19-20H,1-6H3. The van der Waals surface area contributed by atoms with E-state index in [-0.39, 0.29) is 12.2 Å². The summed E-state index contributed by atoms with van der Waals surface area (Å²) in [6, 6.07) is 15.8. The molecule has 2 atom stereocenters. The molecule has 0 fully saturated rings. The first kappa shape index (κ1) is 21.7. The molecule has 2 aromatic carbocycles. The summed E-state index contributed by atoms with van der Waals surface area (Å²) in [7, 11) is -3.64. The van der Waals surface area contributed by atoms with E-state index in [1.54, 1.807) is 0 Å². The summed E-state index contributed by atoms with van der Waals surface area (Å²) in [5, 5.41) is 1.43. The second-order valence-electron chi connectivity index (χ2n) is 8.40. The first-order chi connectivity index (χ1) is 11.9. The molecule has 0 saturated carbocycles. The van der Waals surface area contributed by atoms with E-state index in [4.69, 9.17) is 32.1 Å². The predicted molar refractivity (Wildman–Crippen MR) is 117 cm³/mol. The average Bonchev–Trinajstić information content (AvgIpc) is 2.51. The van der Waals surface area contributed by atoms with Crippen LogP contribution in [0.15, 0.2) is 48.5 Å². The summed E-state index contributed by atoms with van der Waals surface area (Å²) < 4.78 is 13.2. The van der Waals surface area contributed by atoms with Crippen LogP contribution in [0.3, 0.4) is 0 Å². The van der Waals surface area contributed by atoms with Crippen molar-refractivity contribution in [3.63, 3.8) is 0 Å². The van der Waals surface area contributed by atoms with Crippen LogP contribution in [-0.2, 0) is 8.85 Å². The predicted octanol–water partition coefficient (Wildman–Crippen LogP) is 7.48. The molecule has 142 valence electrons. The Kier molecular flexibility index (Phi) is 7.16. The number of hydrogen-bond acceptors (Lipinski definition) is 2. The fourth-order valence-electron chi connectivity index (χ4n) is 2.68. The SMILES string of the molecule is C[Si](C)(C)OC(c1ccc(Cl)cc1)C(O[Si](C)(C)C)c1ccc(Cl)cc1. The number of benzene rings is 2. The van der Waals surface area contributed by atoms with E-state index < -0.39 is 16.6 Å². The molecule has 0 heterocycles. The molecule has 0 aliphatic rings. The number of hydrogen-bond donors (Lipinski definition) is 0. The monoisotopic (exact) mass is 426 g/mol. The van der Waals surface area contributed by atoms with Crippen LogP contribution in [0.5, 0.6) is 0 Å². The van der Waals surface area contributed by atoms with Crippen molar-refractivity contribution >= 4 is 39.8 Å². The van der Waals surface area contributed by atoms with Gasteiger partial charge in [-0.1, -0.05) is 47.5 Å². The minimum Gasteiger partial charge on any atom is -0.408 e. The molecule has 0 spiro atoms. The third-order valence-corrected chi connectivity index (χ3v) is 6.06. The van der Waals surface area contributed by atoms with E-state index in [9.17, 15) is 0 Å². The molecule has 2 aromatic rings. The molecule has 0 aromatic heterocycles. The number of rotatable bonds is 7. The third kappa shape index (κ3) is 6.84. The lowest BCUT2D eigenvalue weighted by Crippen LogP contribution is -2.36. The normalized spacial score (nSPS) is 14.9. The first-order valence-corrected chi connectivity index (χ1v) is 16.4. The molecule has 0 radical (unpaired) electrons. The van der Waals surface area contributed by atoms with E-state index in [0.29, 0.717) is 0 Å². The molecule has 2 nitrogen and oxygen atoms in total. The van der Waals surface area contributed by atoms with Crippen molar-refractivity contribution in [3.8, 4) is 0 Å². The molecule has 0 bridgehead atoms. The molecular formula is C20H28Cl2O2Si2. The topological polar surface area (TPSA) is 18.5 Å². The summed E-state index contributed by atoms with van der Waals surface area (Å²) in [6.45, 7) is 13.2. The fraction of sp³-hybridized carbons (Fsp3) is 0.400. The molecule has 0 aliphatic carbocycles. The van der Waals surface area contributed by atoms with Gasteiger partial charge in [-0.05, 0) is 74.7 Å². The van der Waals surface area contributed by atoms with Gasteiger partial charge >= 0.3 is 0 Å². The highest BCUT2D eigenvalue weighted by molar-refractivity contribution is 6.70. The van der Waals surface area contributed by atoms with Crippen LogP contribution < -0.4 is 0 Å². The minimum atomic E-state index is -1.82. The lowest BCUT2D eigenvalue weighted by molar-refractivity contribution is 0.0420. The Morgan fingerprint density at radius 3 is 1.08 bits per heavy atom. The zero-order valence-corrected chi connectivity index (χ0v) is 19.9. The summed E-state index contributed by atoms with van der Waals surface area (Å²) >= 11 is 12.2. The van der Waals surface area contributed by atoms with E-state index in [1.165, 1.54) is 0 Å². The Balaban J connectivity index is 2.51. The van der Waals surface area contributed by atoms with Gasteiger partial charge in [0.1, 0.15) is 0 Å². The Bertz CT molecular complexity index is 641. The van der Waals surface area contributed by atoms with Crippen LogP contribution in [0.2, 0.25) is 49.3 Å². The largest absolute Gasteiger partial charge is 0.408 e. The molecule has 0 aliphatic heterocycles. The van der Waals surface area contributed by atoms with E-state index in [2.05, 4.69) is 39.3 Å². The quantitative estimate of drug-likeness (QED) is 0.427. The third-order valence-electron chi connectivity index (χ3n) is 3.63. The van der Waals surface area contributed by atoms with Crippen LogP contribution in [0.4, 0.5) is 0 Å². The maximum Gasteiger partial charge on any atom is 0.184 e. The zero-order chi connectivity index (χ0) is 19.5. The van der Waals surface area contributed by atoms with Gasteiger partial charge in [0.05, 0.1) is 12.2 Å². The maximum absolute atomic E-state index is 6.62. The van der Waals surface area contributed by atoms with Crippen molar-refractivity contribution in [2.45, 2.75) is 51.5 Å². The lowest BCUT2D eigenvalue weighted by Gasteiger charge is -2.36. The summed E-state index contributed by atoms with van der Waals surface area (Å²) in [5.74, 6) is 0. The Labute approximate surface area is 169 Å². The van der Waals surface area contributed by atoms with Gasteiger partial charge in [-0.25, -0.2) is 0 Å². The van der Waals surface area contributed by atoms with E-state index in [0.717, 1.165) is 21.2 Å². The Hall–Kier alpha value is -0.626. The molecule has 0 amide bonds.